The third-order valence-electron chi connectivity index (χ3n) is 9.11. The van der Waals surface area contributed by atoms with Gasteiger partial charge in [-0.15, -0.1) is 0 Å². The molecule has 0 spiro atoms. The van der Waals surface area contributed by atoms with Crippen molar-refractivity contribution < 1.29 is 9.21 Å². The van der Waals surface area contributed by atoms with Gasteiger partial charge in [-0.05, 0) is 32.0 Å². The zero-order valence-electron chi connectivity index (χ0n) is 30.9. The SMILES string of the molecule is CCN(CC)c1ccc2cc(C(=O)NCCNc3nc(N4CCNCCNCCNCC4)nc(N4CCNCCNCCNCC4)n3)c(=O)oc2c1. The van der Waals surface area contributed by atoms with Gasteiger partial charge < -0.3 is 61.7 Å². The van der Waals surface area contributed by atoms with E-state index in [1.54, 1.807) is 6.07 Å². The van der Waals surface area contributed by atoms with Crippen LogP contribution in [0.1, 0.15) is 24.2 Å². The van der Waals surface area contributed by atoms with Crippen LogP contribution in [0.2, 0.25) is 0 Å². The number of fused-ring (bicyclic) bond motifs is 1. The molecule has 2 fully saturated rings. The summed E-state index contributed by atoms with van der Waals surface area (Å²) >= 11 is 0. The zero-order chi connectivity index (χ0) is 36.4. The summed E-state index contributed by atoms with van der Waals surface area (Å²) in [6.45, 7) is 19.7. The summed E-state index contributed by atoms with van der Waals surface area (Å²) in [7, 11) is 0. The number of hydrogen-bond acceptors (Lipinski definition) is 16. The molecule has 1 aromatic carbocycles. The van der Waals surface area contributed by atoms with Crippen LogP contribution in [-0.2, 0) is 0 Å². The molecular weight excluding hydrogens is 664 g/mol. The van der Waals surface area contributed by atoms with Crippen LogP contribution < -0.4 is 62.9 Å². The van der Waals surface area contributed by atoms with Crippen molar-refractivity contribution in [3.8, 4) is 0 Å². The van der Waals surface area contributed by atoms with Gasteiger partial charge in [0, 0.05) is 148 Å². The first-order valence-corrected chi connectivity index (χ1v) is 18.9. The number of carbonyl (C=O) groups is 1. The van der Waals surface area contributed by atoms with Gasteiger partial charge in [0.1, 0.15) is 11.1 Å². The smallest absolute Gasteiger partial charge is 0.349 e. The first-order valence-electron chi connectivity index (χ1n) is 18.9. The summed E-state index contributed by atoms with van der Waals surface area (Å²) in [4.78, 5) is 47.3. The van der Waals surface area contributed by atoms with Crippen LogP contribution in [0.5, 0.6) is 0 Å². The maximum atomic E-state index is 13.1. The van der Waals surface area contributed by atoms with Crippen molar-refractivity contribution in [2.24, 2.45) is 0 Å². The average molecular weight is 723 g/mol. The van der Waals surface area contributed by atoms with Crippen LogP contribution >= 0.6 is 0 Å². The van der Waals surface area contributed by atoms with E-state index in [2.05, 4.69) is 71.1 Å². The van der Waals surface area contributed by atoms with Gasteiger partial charge in [0.2, 0.25) is 17.8 Å². The fourth-order valence-electron chi connectivity index (χ4n) is 6.14. The number of amides is 1. The molecule has 4 heterocycles. The second kappa shape index (κ2) is 21.4. The highest BCUT2D eigenvalue weighted by Crippen LogP contribution is 2.22. The number of anilines is 4. The fourth-order valence-corrected chi connectivity index (χ4v) is 6.14. The van der Waals surface area contributed by atoms with Crippen molar-refractivity contribution in [2.45, 2.75) is 13.8 Å². The van der Waals surface area contributed by atoms with Gasteiger partial charge in [0.25, 0.3) is 5.91 Å². The standard InChI is InChI=1S/C35H58N14O3/c1-3-47(4-2)28-6-5-27-25-29(32(51)52-30(27)26-28)31(50)42-15-16-43-33-44-34(48-21-17-38-11-7-36-8-12-39-18-22-48)46-35(45-33)49-23-19-40-13-9-37-10-14-41-20-24-49/h5-6,25-26,36-41H,3-4,7-24H2,1-2H3,(H,42,50)(H,43,44,45,46). The molecular formula is C35H58N14O3. The number of benzene rings is 1. The van der Waals surface area contributed by atoms with Crippen molar-refractivity contribution in [1.29, 1.82) is 0 Å². The Labute approximate surface area is 306 Å². The quantitative estimate of drug-likeness (QED) is 0.0923. The highest BCUT2D eigenvalue weighted by molar-refractivity contribution is 5.97. The molecule has 0 atom stereocenters. The molecule has 3 aromatic rings. The van der Waals surface area contributed by atoms with E-state index < -0.39 is 11.5 Å². The highest BCUT2D eigenvalue weighted by Gasteiger charge is 2.19. The maximum absolute atomic E-state index is 13.1. The van der Waals surface area contributed by atoms with Crippen LogP contribution in [0.3, 0.4) is 0 Å². The minimum Gasteiger partial charge on any atom is -0.422 e. The fraction of sp³-hybridized carbons (Fsp3) is 0.629. The van der Waals surface area contributed by atoms with Crippen molar-refractivity contribution in [1.82, 2.24) is 52.2 Å². The molecule has 0 bridgehead atoms. The molecule has 0 radical (unpaired) electrons. The summed E-state index contributed by atoms with van der Waals surface area (Å²) in [5.74, 6) is 1.14. The zero-order valence-corrected chi connectivity index (χ0v) is 30.9. The number of nitrogens with zero attached hydrogens (tertiary/aromatic N) is 6. The first-order chi connectivity index (χ1) is 25.6. The minimum absolute atomic E-state index is 0.0329. The van der Waals surface area contributed by atoms with E-state index in [9.17, 15) is 9.59 Å². The Morgan fingerprint density at radius 3 is 1.71 bits per heavy atom. The Morgan fingerprint density at radius 2 is 1.21 bits per heavy atom. The van der Waals surface area contributed by atoms with Crippen molar-refractivity contribution in [3.63, 3.8) is 0 Å². The van der Waals surface area contributed by atoms with Crippen LogP contribution in [-0.4, -0.2) is 152 Å². The Balaban J connectivity index is 1.29. The van der Waals surface area contributed by atoms with E-state index in [0.29, 0.717) is 35.4 Å². The van der Waals surface area contributed by atoms with Crippen LogP contribution in [0.25, 0.3) is 11.0 Å². The van der Waals surface area contributed by atoms with Gasteiger partial charge in [0.15, 0.2) is 0 Å². The monoisotopic (exact) mass is 722 g/mol. The van der Waals surface area contributed by atoms with Crippen LogP contribution in [0.4, 0.5) is 23.5 Å². The molecule has 0 unspecified atom stereocenters. The number of nitrogens with one attached hydrogen (secondary N) is 8. The van der Waals surface area contributed by atoms with Crippen molar-refractivity contribution in [3.05, 3.63) is 40.2 Å². The van der Waals surface area contributed by atoms with Crippen LogP contribution in [0.15, 0.2) is 33.5 Å². The number of aromatic nitrogens is 3. The molecule has 8 N–H and O–H groups in total. The van der Waals surface area contributed by atoms with E-state index in [0.717, 1.165) is 123 Å². The van der Waals surface area contributed by atoms with E-state index in [-0.39, 0.29) is 12.1 Å². The Morgan fingerprint density at radius 1 is 0.712 bits per heavy atom. The van der Waals surface area contributed by atoms with Gasteiger partial charge in [-0.1, -0.05) is 0 Å². The number of hydrogen-bond donors (Lipinski definition) is 8. The Bertz CT molecular complexity index is 1510. The molecule has 17 heteroatoms. The molecule has 1 amide bonds. The normalized spacial score (nSPS) is 17.7. The van der Waals surface area contributed by atoms with Gasteiger partial charge in [-0.2, -0.15) is 15.0 Å². The van der Waals surface area contributed by atoms with Crippen molar-refractivity contribution in [2.75, 3.05) is 151 Å². The van der Waals surface area contributed by atoms with E-state index >= 15 is 0 Å². The second-order valence-corrected chi connectivity index (χ2v) is 12.8. The number of rotatable bonds is 10. The molecule has 5 rings (SSSR count). The molecule has 2 aromatic heterocycles. The molecule has 2 aliphatic heterocycles. The summed E-state index contributed by atoms with van der Waals surface area (Å²) in [6, 6.07) is 7.29. The van der Waals surface area contributed by atoms with E-state index in [1.807, 2.05) is 18.2 Å². The van der Waals surface area contributed by atoms with Gasteiger partial charge >= 0.3 is 5.63 Å². The third-order valence-corrected chi connectivity index (χ3v) is 9.11. The summed E-state index contributed by atoms with van der Waals surface area (Å²) in [5, 5.41) is 27.8. The highest BCUT2D eigenvalue weighted by atomic mass is 16.4. The largest absolute Gasteiger partial charge is 0.422 e. The Kier molecular flexibility index (Phi) is 16.1. The molecule has 286 valence electrons. The molecule has 17 nitrogen and oxygen atoms in total. The predicted octanol–water partition coefficient (Wildman–Crippen LogP) is -1.16. The summed E-state index contributed by atoms with van der Waals surface area (Å²) in [5.41, 5.74) is 0.723. The summed E-state index contributed by atoms with van der Waals surface area (Å²) < 4.78 is 5.58. The maximum Gasteiger partial charge on any atom is 0.349 e. The van der Waals surface area contributed by atoms with Gasteiger partial charge in [0.05, 0.1) is 0 Å². The van der Waals surface area contributed by atoms with E-state index in [4.69, 9.17) is 19.4 Å². The lowest BCUT2D eigenvalue weighted by molar-refractivity contribution is 0.0951. The topological polar surface area (TPSA) is 192 Å². The Hall–Kier alpha value is -4.13. The first kappa shape index (κ1) is 39.1. The molecule has 0 saturated carbocycles. The predicted molar refractivity (Wildman–Crippen MR) is 208 cm³/mol. The lowest BCUT2D eigenvalue weighted by Crippen LogP contribution is -2.43. The third kappa shape index (κ3) is 12.0. The lowest BCUT2D eigenvalue weighted by Gasteiger charge is -2.28. The molecule has 2 saturated heterocycles. The molecule has 0 aliphatic carbocycles. The average Bonchev–Trinajstić information content (AvgIpc) is 3.14. The lowest BCUT2D eigenvalue weighted by atomic mass is 10.1. The number of carbonyl (C=O) groups excluding carboxylic acids is 1. The molecule has 52 heavy (non-hydrogen) atoms. The van der Waals surface area contributed by atoms with Crippen LogP contribution in [0, 0.1) is 0 Å². The second-order valence-electron chi connectivity index (χ2n) is 12.8. The summed E-state index contributed by atoms with van der Waals surface area (Å²) in [6.07, 6.45) is 0. The van der Waals surface area contributed by atoms with Gasteiger partial charge in [-0.3, -0.25) is 4.79 Å². The van der Waals surface area contributed by atoms with E-state index in [1.165, 1.54) is 0 Å². The minimum atomic E-state index is -0.668. The van der Waals surface area contributed by atoms with Crippen molar-refractivity contribution >= 4 is 40.4 Å². The molecule has 2 aliphatic rings. The van der Waals surface area contributed by atoms with Gasteiger partial charge in [-0.25, -0.2) is 4.79 Å².